The van der Waals surface area contributed by atoms with Crippen LogP contribution in [-0.4, -0.2) is 14.5 Å². The van der Waals surface area contributed by atoms with Crippen LogP contribution in [0.5, 0.6) is 0 Å². The van der Waals surface area contributed by atoms with Crippen LogP contribution in [-0.2, 0) is 0 Å². The number of halogens is 3. The first-order valence-electron chi connectivity index (χ1n) is 5.28. The number of imidazole rings is 1. The van der Waals surface area contributed by atoms with Gasteiger partial charge >= 0.3 is 0 Å². The second-order valence-electron chi connectivity index (χ2n) is 3.86. The Kier molecular flexibility index (Phi) is 3.39. The van der Waals surface area contributed by atoms with Crippen LogP contribution in [0.25, 0.3) is 16.9 Å². The molecular weight excluding hydrogens is 369 g/mol. The van der Waals surface area contributed by atoms with E-state index in [-0.39, 0.29) is 0 Å². The molecule has 1 N–H and O–H groups in total. The maximum absolute atomic E-state index is 6.11. The highest BCUT2D eigenvalue weighted by atomic mass is 79.9. The van der Waals surface area contributed by atoms with Gasteiger partial charge in [0.2, 0.25) is 0 Å². The molecule has 2 heterocycles. The van der Waals surface area contributed by atoms with Gasteiger partial charge in [-0.25, -0.2) is 4.98 Å². The standard InChI is InChI=1S/C12H6BrCl2N3S/c13-10-7(15)2-1-3-9(10)18-11-8(17-12(18)19)4-6(14)5-16-11/h1-5H,(H,17,19). The van der Waals surface area contributed by atoms with E-state index in [2.05, 4.69) is 25.9 Å². The van der Waals surface area contributed by atoms with Gasteiger partial charge in [0.15, 0.2) is 10.4 Å². The maximum atomic E-state index is 6.11. The van der Waals surface area contributed by atoms with Crippen molar-refractivity contribution >= 4 is 62.5 Å². The number of hydrogen-bond acceptors (Lipinski definition) is 2. The fraction of sp³-hybridized carbons (Fsp3) is 0. The minimum Gasteiger partial charge on any atom is -0.329 e. The van der Waals surface area contributed by atoms with Gasteiger partial charge in [0.25, 0.3) is 0 Å². The molecule has 19 heavy (non-hydrogen) atoms. The van der Waals surface area contributed by atoms with Crippen LogP contribution in [0.15, 0.2) is 34.9 Å². The molecule has 0 saturated carbocycles. The number of fused-ring (bicyclic) bond motifs is 1. The molecule has 7 heteroatoms. The Bertz CT molecular complexity index is 841. The zero-order chi connectivity index (χ0) is 13.6. The van der Waals surface area contributed by atoms with Gasteiger partial charge in [-0.1, -0.05) is 29.3 Å². The lowest BCUT2D eigenvalue weighted by atomic mass is 10.3. The van der Waals surface area contributed by atoms with Crippen LogP contribution >= 0.6 is 51.3 Å². The van der Waals surface area contributed by atoms with Gasteiger partial charge in [-0.05, 0) is 46.3 Å². The van der Waals surface area contributed by atoms with Crippen molar-refractivity contribution < 1.29 is 0 Å². The van der Waals surface area contributed by atoms with E-state index in [4.69, 9.17) is 35.4 Å². The Hall–Kier alpha value is -0.880. The number of hydrogen-bond donors (Lipinski definition) is 1. The summed E-state index contributed by atoms with van der Waals surface area (Å²) in [7, 11) is 0. The Morgan fingerprint density at radius 2 is 2.11 bits per heavy atom. The predicted molar refractivity (Wildman–Crippen MR) is 84.0 cm³/mol. The summed E-state index contributed by atoms with van der Waals surface area (Å²) < 4.78 is 3.12. The highest BCUT2D eigenvalue weighted by molar-refractivity contribution is 9.10. The molecule has 96 valence electrons. The Morgan fingerprint density at radius 3 is 2.89 bits per heavy atom. The van der Waals surface area contributed by atoms with E-state index in [9.17, 15) is 0 Å². The van der Waals surface area contributed by atoms with Gasteiger partial charge in [0.1, 0.15) is 0 Å². The lowest BCUT2D eigenvalue weighted by Gasteiger charge is -2.07. The topological polar surface area (TPSA) is 33.6 Å². The minimum atomic E-state index is 0.535. The maximum Gasteiger partial charge on any atom is 0.184 e. The molecule has 0 aliphatic heterocycles. The van der Waals surface area contributed by atoms with Crippen molar-refractivity contribution in [1.29, 1.82) is 0 Å². The van der Waals surface area contributed by atoms with Crippen molar-refractivity contribution in [2.24, 2.45) is 0 Å². The summed E-state index contributed by atoms with van der Waals surface area (Å²) in [5.74, 6) is 0. The van der Waals surface area contributed by atoms with Crippen molar-refractivity contribution in [3.8, 4) is 5.69 Å². The predicted octanol–water partition coefficient (Wildman–Crippen LogP) is 5.15. The highest BCUT2D eigenvalue weighted by Crippen LogP contribution is 2.31. The van der Waals surface area contributed by atoms with E-state index < -0.39 is 0 Å². The van der Waals surface area contributed by atoms with Crippen LogP contribution in [0.4, 0.5) is 0 Å². The largest absolute Gasteiger partial charge is 0.329 e. The lowest BCUT2D eigenvalue weighted by Crippen LogP contribution is -1.97. The summed E-state index contributed by atoms with van der Waals surface area (Å²) in [6.45, 7) is 0. The molecule has 2 aromatic heterocycles. The van der Waals surface area contributed by atoms with E-state index in [1.54, 1.807) is 18.3 Å². The smallest absolute Gasteiger partial charge is 0.184 e. The molecule has 3 aromatic rings. The molecule has 0 atom stereocenters. The van der Waals surface area contributed by atoms with Crippen molar-refractivity contribution in [1.82, 2.24) is 14.5 Å². The third kappa shape index (κ3) is 2.21. The van der Waals surface area contributed by atoms with Crippen molar-refractivity contribution in [3.05, 3.63) is 49.8 Å². The average Bonchev–Trinajstić information content (AvgIpc) is 2.68. The zero-order valence-electron chi connectivity index (χ0n) is 9.32. The number of pyridine rings is 1. The number of nitrogens with zero attached hydrogens (tertiary/aromatic N) is 2. The normalized spacial score (nSPS) is 11.1. The summed E-state index contributed by atoms with van der Waals surface area (Å²) in [5, 5.41) is 1.17. The SMILES string of the molecule is S=c1[nH]c2cc(Cl)cnc2n1-c1cccc(Cl)c1Br. The first-order chi connectivity index (χ1) is 9.08. The van der Waals surface area contributed by atoms with E-state index in [0.717, 1.165) is 15.7 Å². The number of rotatable bonds is 1. The molecular formula is C12H6BrCl2N3S. The van der Waals surface area contributed by atoms with Crippen LogP contribution in [0.1, 0.15) is 0 Å². The molecule has 0 aliphatic carbocycles. The molecule has 3 rings (SSSR count). The lowest BCUT2D eigenvalue weighted by molar-refractivity contribution is 1.04. The average molecular weight is 375 g/mol. The van der Waals surface area contributed by atoms with Crippen LogP contribution in [0, 0.1) is 4.77 Å². The molecule has 0 amide bonds. The summed E-state index contributed by atoms with van der Waals surface area (Å²) in [6.07, 6.45) is 1.58. The van der Waals surface area contributed by atoms with Crippen LogP contribution < -0.4 is 0 Å². The first kappa shape index (κ1) is 13.1. The molecule has 0 spiro atoms. The third-order valence-electron chi connectivity index (χ3n) is 2.66. The van der Waals surface area contributed by atoms with Gasteiger partial charge < -0.3 is 4.98 Å². The fourth-order valence-corrected chi connectivity index (χ4v) is 2.92. The molecule has 0 radical (unpaired) electrons. The van der Waals surface area contributed by atoms with Gasteiger partial charge in [0, 0.05) is 6.20 Å². The Morgan fingerprint density at radius 1 is 1.32 bits per heavy atom. The fourth-order valence-electron chi connectivity index (χ4n) is 1.86. The van der Waals surface area contributed by atoms with Gasteiger partial charge in [-0.2, -0.15) is 0 Å². The van der Waals surface area contributed by atoms with Gasteiger partial charge in [-0.15, -0.1) is 0 Å². The van der Waals surface area contributed by atoms with Crippen molar-refractivity contribution in [3.63, 3.8) is 0 Å². The molecule has 0 bridgehead atoms. The van der Waals surface area contributed by atoms with Gasteiger partial charge in [-0.3, -0.25) is 4.57 Å². The van der Waals surface area contributed by atoms with E-state index in [0.29, 0.717) is 20.5 Å². The number of H-pyrrole nitrogens is 1. The molecule has 0 unspecified atom stereocenters. The quantitative estimate of drug-likeness (QED) is 0.597. The molecule has 0 aliphatic rings. The van der Waals surface area contributed by atoms with E-state index >= 15 is 0 Å². The van der Waals surface area contributed by atoms with E-state index in [1.807, 2.05) is 16.7 Å². The second-order valence-corrected chi connectivity index (χ2v) is 5.89. The van der Waals surface area contributed by atoms with Gasteiger partial charge in [0.05, 0.1) is 25.7 Å². The van der Waals surface area contributed by atoms with E-state index in [1.165, 1.54) is 0 Å². The highest BCUT2D eigenvalue weighted by Gasteiger charge is 2.12. The summed E-state index contributed by atoms with van der Waals surface area (Å²) in [6, 6.07) is 7.36. The van der Waals surface area contributed by atoms with Crippen LogP contribution in [0.2, 0.25) is 10.0 Å². The Labute approximate surface area is 132 Å². The summed E-state index contributed by atoms with van der Waals surface area (Å²) in [4.78, 5) is 7.40. The number of aromatic amines is 1. The molecule has 0 saturated heterocycles. The molecule has 1 aromatic carbocycles. The zero-order valence-corrected chi connectivity index (χ0v) is 13.2. The number of benzene rings is 1. The van der Waals surface area contributed by atoms with Crippen molar-refractivity contribution in [2.45, 2.75) is 0 Å². The minimum absolute atomic E-state index is 0.535. The number of nitrogens with one attached hydrogen (secondary N) is 1. The monoisotopic (exact) mass is 373 g/mol. The Balaban J connectivity index is 2.40. The summed E-state index contributed by atoms with van der Waals surface area (Å²) >= 11 is 20.9. The second kappa shape index (κ2) is 4.90. The van der Waals surface area contributed by atoms with Crippen LogP contribution in [0.3, 0.4) is 0 Å². The first-order valence-corrected chi connectivity index (χ1v) is 7.24. The summed E-state index contributed by atoms with van der Waals surface area (Å²) in [5.41, 5.74) is 2.32. The third-order valence-corrected chi connectivity index (χ3v) is 4.53. The molecule has 3 nitrogen and oxygen atoms in total. The number of aromatic nitrogens is 3. The molecule has 0 fully saturated rings. The van der Waals surface area contributed by atoms with Crippen molar-refractivity contribution in [2.75, 3.05) is 0 Å².